The minimum Gasteiger partial charge on any atom is -0.376 e. The third-order valence-electron chi connectivity index (χ3n) is 2.43. The molecule has 1 aliphatic heterocycles. The SMILES string of the molecule is C[C@@](O)(C#C[Si](C)(C)C)[C@@H]1CCCN1. The number of nitrogens with one attached hydrogen (secondary N) is 1. The molecule has 1 heterocycles. The van der Waals surface area contributed by atoms with Crippen LogP contribution in [0.1, 0.15) is 19.8 Å². The maximum Gasteiger partial charge on any atom is 0.137 e. The Morgan fingerprint density at radius 2 is 2.07 bits per heavy atom. The zero-order valence-corrected chi connectivity index (χ0v) is 10.6. The fourth-order valence-corrected chi connectivity index (χ4v) is 2.19. The van der Waals surface area contributed by atoms with E-state index < -0.39 is 13.7 Å². The molecule has 0 aromatic carbocycles. The van der Waals surface area contributed by atoms with Gasteiger partial charge in [0.25, 0.3) is 0 Å². The fourth-order valence-electron chi connectivity index (χ4n) is 1.57. The molecule has 0 spiro atoms. The molecule has 0 aliphatic carbocycles. The van der Waals surface area contributed by atoms with Gasteiger partial charge in [-0.25, -0.2) is 0 Å². The van der Waals surface area contributed by atoms with E-state index in [0.717, 1.165) is 19.4 Å². The molecular formula is C11H21NOSi. The maximum atomic E-state index is 10.2. The molecule has 3 heteroatoms. The Morgan fingerprint density at radius 3 is 2.50 bits per heavy atom. The Labute approximate surface area is 88.1 Å². The number of hydrogen-bond acceptors (Lipinski definition) is 2. The standard InChI is InChI=1S/C11H21NOSi/c1-11(13,7-9-14(2,3)4)10-6-5-8-12-10/h10,12-13H,5-6,8H2,1-4H3/t10-,11+/m0/s1. The van der Waals surface area contributed by atoms with Crippen molar-refractivity contribution in [3.05, 3.63) is 0 Å². The molecule has 80 valence electrons. The average molecular weight is 211 g/mol. The van der Waals surface area contributed by atoms with Crippen molar-refractivity contribution < 1.29 is 5.11 Å². The van der Waals surface area contributed by atoms with E-state index >= 15 is 0 Å². The number of hydrogen-bond donors (Lipinski definition) is 2. The molecule has 14 heavy (non-hydrogen) atoms. The molecule has 0 unspecified atom stereocenters. The predicted octanol–water partition coefficient (Wildman–Crippen LogP) is 1.37. The normalized spacial score (nSPS) is 26.5. The van der Waals surface area contributed by atoms with E-state index in [2.05, 4.69) is 36.4 Å². The summed E-state index contributed by atoms with van der Waals surface area (Å²) in [6.07, 6.45) is 2.18. The molecule has 0 aromatic heterocycles. The summed E-state index contributed by atoms with van der Waals surface area (Å²) in [7, 11) is -1.37. The van der Waals surface area contributed by atoms with Crippen molar-refractivity contribution in [3.63, 3.8) is 0 Å². The lowest BCUT2D eigenvalue weighted by atomic mass is 9.96. The molecule has 1 aliphatic rings. The molecule has 2 N–H and O–H groups in total. The lowest BCUT2D eigenvalue weighted by Crippen LogP contribution is -2.44. The third kappa shape index (κ3) is 3.45. The summed E-state index contributed by atoms with van der Waals surface area (Å²) in [5.41, 5.74) is 2.39. The van der Waals surface area contributed by atoms with Crippen LogP contribution in [0.25, 0.3) is 0 Å². The first kappa shape index (κ1) is 11.8. The van der Waals surface area contributed by atoms with Crippen molar-refractivity contribution in [2.75, 3.05) is 6.54 Å². The highest BCUT2D eigenvalue weighted by molar-refractivity contribution is 6.83. The van der Waals surface area contributed by atoms with Crippen molar-refractivity contribution in [2.45, 2.75) is 51.0 Å². The van der Waals surface area contributed by atoms with Gasteiger partial charge in [-0.15, -0.1) is 5.54 Å². The van der Waals surface area contributed by atoms with Crippen LogP contribution in [0, 0.1) is 11.5 Å². The molecule has 1 fully saturated rings. The van der Waals surface area contributed by atoms with E-state index in [1.54, 1.807) is 0 Å². The second-order valence-electron chi connectivity index (χ2n) is 5.30. The van der Waals surface area contributed by atoms with Gasteiger partial charge in [0.05, 0.1) is 0 Å². The zero-order valence-electron chi connectivity index (χ0n) is 9.65. The molecule has 0 aromatic rings. The van der Waals surface area contributed by atoms with Crippen LogP contribution in [0.3, 0.4) is 0 Å². The van der Waals surface area contributed by atoms with E-state index in [0.29, 0.717) is 0 Å². The monoisotopic (exact) mass is 211 g/mol. The minimum absolute atomic E-state index is 0.159. The topological polar surface area (TPSA) is 32.3 Å². The Bertz CT molecular complexity index is 251. The van der Waals surface area contributed by atoms with Crippen LogP contribution in [0.5, 0.6) is 0 Å². The first-order valence-electron chi connectivity index (χ1n) is 5.31. The van der Waals surface area contributed by atoms with Crippen molar-refractivity contribution in [3.8, 4) is 11.5 Å². The molecule has 1 saturated heterocycles. The largest absolute Gasteiger partial charge is 0.376 e. The van der Waals surface area contributed by atoms with Crippen molar-refractivity contribution in [1.29, 1.82) is 0 Å². The summed E-state index contributed by atoms with van der Waals surface area (Å²) in [5, 5.41) is 13.5. The van der Waals surface area contributed by atoms with Gasteiger partial charge >= 0.3 is 0 Å². The van der Waals surface area contributed by atoms with Crippen molar-refractivity contribution >= 4 is 8.07 Å². The summed E-state index contributed by atoms with van der Waals surface area (Å²) in [6, 6.07) is 0.159. The molecular weight excluding hydrogens is 190 g/mol. The van der Waals surface area contributed by atoms with Crippen LogP contribution < -0.4 is 5.32 Å². The first-order chi connectivity index (χ1) is 6.31. The van der Waals surface area contributed by atoms with Gasteiger partial charge in [0.15, 0.2) is 0 Å². The van der Waals surface area contributed by atoms with Crippen LogP contribution >= 0.6 is 0 Å². The second kappa shape index (κ2) is 4.06. The molecule has 0 bridgehead atoms. The summed E-state index contributed by atoms with van der Waals surface area (Å²) in [4.78, 5) is 0. The van der Waals surface area contributed by atoms with Gasteiger partial charge in [0.2, 0.25) is 0 Å². The second-order valence-corrected chi connectivity index (χ2v) is 10.0. The van der Waals surface area contributed by atoms with Crippen LogP contribution in [0.2, 0.25) is 19.6 Å². The Hall–Kier alpha value is -0.303. The maximum absolute atomic E-state index is 10.2. The highest BCUT2D eigenvalue weighted by atomic mass is 28.3. The van der Waals surface area contributed by atoms with E-state index in [1.807, 2.05) is 6.92 Å². The lowest BCUT2D eigenvalue weighted by molar-refractivity contribution is 0.0843. The van der Waals surface area contributed by atoms with E-state index in [-0.39, 0.29) is 6.04 Å². The smallest absolute Gasteiger partial charge is 0.137 e. The molecule has 1 rings (SSSR count). The lowest BCUT2D eigenvalue weighted by Gasteiger charge is -2.25. The van der Waals surface area contributed by atoms with Gasteiger partial charge in [-0.2, -0.15) is 0 Å². The van der Waals surface area contributed by atoms with Crippen LogP contribution in [0.15, 0.2) is 0 Å². The van der Waals surface area contributed by atoms with Gasteiger partial charge < -0.3 is 10.4 Å². The van der Waals surface area contributed by atoms with Gasteiger partial charge in [0.1, 0.15) is 13.7 Å². The zero-order chi connectivity index (χ0) is 10.8. The van der Waals surface area contributed by atoms with Gasteiger partial charge in [-0.1, -0.05) is 25.6 Å². The summed E-state index contributed by atoms with van der Waals surface area (Å²) in [6.45, 7) is 9.41. The van der Waals surface area contributed by atoms with Crippen LogP contribution in [-0.2, 0) is 0 Å². The molecule has 0 radical (unpaired) electrons. The fraction of sp³-hybridized carbons (Fsp3) is 0.818. The Morgan fingerprint density at radius 1 is 1.43 bits per heavy atom. The average Bonchev–Trinajstić information content (AvgIpc) is 2.52. The van der Waals surface area contributed by atoms with Gasteiger partial charge in [0, 0.05) is 6.04 Å². The highest BCUT2D eigenvalue weighted by Gasteiger charge is 2.32. The number of rotatable bonds is 1. The van der Waals surface area contributed by atoms with Crippen molar-refractivity contribution in [2.24, 2.45) is 0 Å². The molecule has 2 nitrogen and oxygen atoms in total. The number of aliphatic hydroxyl groups is 1. The Kier molecular flexibility index (Phi) is 3.41. The predicted molar refractivity (Wildman–Crippen MR) is 62.8 cm³/mol. The van der Waals surface area contributed by atoms with E-state index in [4.69, 9.17) is 0 Å². The summed E-state index contributed by atoms with van der Waals surface area (Å²) < 4.78 is 0. The quantitative estimate of drug-likeness (QED) is 0.507. The summed E-state index contributed by atoms with van der Waals surface area (Å²) >= 11 is 0. The van der Waals surface area contributed by atoms with Gasteiger partial charge in [-0.05, 0) is 26.3 Å². The third-order valence-corrected chi connectivity index (χ3v) is 3.30. The minimum atomic E-state index is -1.37. The van der Waals surface area contributed by atoms with Crippen LogP contribution in [0.4, 0.5) is 0 Å². The molecule has 0 saturated carbocycles. The molecule has 0 amide bonds. The van der Waals surface area contributed by atoms with E-state index in [9.17, 15) is 5.11 Å². The van der Waals surface area contributed by atoms with Gasteiger partial charge in [-0.3, -0.25) is 0 Å². The molecule has 2 atom stereocenters. The highest BCUT2D eigenvalue weighted by Crippen LogP contribution is 2.18. The summed E-state index contributed by atoms with van der Waals surface area (Å²) in [5.74, 6) is 3.05. The van der Waals surface area contributed by atoms with E-state index in [1.165, 1.54) is 0 Å². The van der Waals surface area contributed by atoms with Crippen LogP contribution in [-0.4, -0.2) is 31.4 Å². The first-order valence-corrected chi connectivity index (χ1v) is 8.81. The van der Waals surface area contributed by atoms with Crippen molar-refractivity contribution in [1.82, 2.24) is 5.32 Å². The Balaban J connectivity index is 2.68.